The molecule has 0 radical (unpaired) electrons. The summed E-state index contributed by atoms with van der Waals surface area (Å²) < 4.78 is 12.9. The van der Waals surface area contributed by atoms with Crippen LogP contribution in [0.25, 0.3) is 16.8 Å². The van der Waals surface area contributed by atoms with Crippen molar-refractivity contribution in [1.82, 2.24) is 14.9 Å². The number of nitrogens with zero attached hydrogens (tertiary/aromatic N) is 2. The van der Waals surface area contributed by atoms with Crippen LogP contribution in [-0.4, -0.2) is 35.2 Å². The van der Waals surface area contributed by atoms with Gasteiger partial charge in [0.2, 0.25) is 0 Å². The largest absolute Gasteiger partial charge is 0.466 e. The van der Waals surface area contributed by atoms with Gasteiger partial charge in [0.25, 0.3) is 0 Å². The fourth-order valence-electron chi connectivity index (χ4n) is 5.17. The van der Waals surface area contributed by atoms with Crippen LogP contribution in [0.5, 0.6) is 0 Å². The molecule has 0 saturated carbocycles. The van der Waals surface area contributed by atoms with Crippen LogP contribution in [-0.2, 0) is 25.6 Å². The lowest BCUT2D eigenvalue weighted by Gasteiger charge is -2.31. The van der Waals surface area contributed by atoms with Crippen molar-refractivity contribution < 1.29 is 19.1 Å². The molecule has 1 unspecified atom stereocenters. The lowest BCUT2D eigenvalue weighted by molar-refractivity contribution is -0.138. The number of ether oxygens (including phenoxy) is 2. The third kappa shape index (κ3) is 5.59. The third-order valence-corrected chi connectivity index (χ3v) is 7.04. The first-order valence-corrected chi connectivity index (χ1v) is 13.1. The van der Waals surface area contributed by atoms with Crippen LogP contribution in [0.1, 0.15) is 36.5 Å². The van der Waals surface area contributed by atoms with E-state index in [0.717, 1.165) is 34.0 Å². The van der Waals surface area contributed by atoms with E-state index in [4.69, 9.17) is 9.47 Å². The molecular weight excluding hydrogens is 502 g/mol. The van der Waals surface area contributed by atoms with E-state index in [9.17, 15) is 9.59 Å². The molecule has 1 atom stereocenters. The molecule has 0 aliphatic carbocycles. The Hall–Kier alpha value is -4.91. The van der Waals surface area contributed by atoms with Crippen molar-refractivity contribution in [3.8, 4) is 0 Å². The van der Waals surface area contributed by atoms with Crippen molar-refractivity contribution in [2.45, 2.75) is 26.3 Å². The van der Waals surface area contributed by atoms with Crippen LogP contribution < -0.4 is 5.32 Å². The molecule has 0 amide bonds. The SMILES string of the molecule is COC(=O)C1=C(C)NC(C)=C(C(=O)OCC=Cc2ccc(Cn3ccnc3)cc2)C1c1cccc2ccccc12. The zero-order valence-corrected chi connectivity index (χ0v) is 22.8. The van der Waals surface area contributed by atoms with Gasteiger partial charge in [-0.1, -0.05) is 72.8 Å². The Balaban J connectivity index is 1.36. The highest BCUT2D eigenvalue weighted by atomic mass is 16.5. The van der Waals surface area contributed by atoms with Gasteiger partial charge >= 0.3 is 11.9 Å². The number of esters is 2. The van der Waals surface area contributed by atoms with E-state index < -0.39 is 17.9 Å². The molecule has 7 nitrogen and oxygen atoms in total. The van der Waals surface area contributed by atoms with Crippen LogP contribution in [0.15, 0.2) is 114 Å². The monoisotopic (exact) mass is 533 g/mol. The van der Waals surface area contributed by atoms with E-state index >= 15 is 0 Å². The summed E-state index contributed by atoms with van der Waals surface area (Å²) in [6, 6.07) is 22.0. The van der Waals surface area contributed by atoms with E-state index in [2.05, 4.69) is 22.4 Å². The number of imidazole rings is 1. The van der Waals surface area contributed by atoms with Crippen molar-refractivity contribution in [3.63, 3.8) is 0 Å². The maximum atomic E-state index is 13.6. The average molecular weight is 534 g/mol. The van der Waals surface area contributed by atoms with Crippen molar-refractivity contribution in [2.75, 3.05) is 13.7 Å². The van der Waals surface area contributed by atoms with E-state index in [1.807, 2.05) is 91.4 Å². The zero-order chi connectivity index (χ0) is 28.1. The Morgan fingerprint density at radius 1 is 0.950 bits per heavy atom. The minimum atomic E-state index is -0.640. The van der Waals surface area contributed by atoms with Crippen LogP contribution in [0, 0.1) is 0 Å². The summed E-state index contributed by atoms with van der Waals surface area (Å²) >= 11 is 0. The highest BCUT2D eigenvalue weighted by molar-refractivity contribution is 6.02. The number of rotatable bonds is 8. The molecule has 3 aromatic carbocycles. The standard InChI is InChI=1S/C33H31N3O4/c1-22-29(32(37)39-3)31(28-12-6-10-26-9-4-5-11-27(26)28)30(23(2)35-22)33(38)40-19-7-8-24-13-15-25(16-14-24)20-36-18-17-34-21-36/h4-18,21,31,35H,19-20H2,1-3H3. The molecule has 0 bridgehead atoms. The second-order valence-corrected chi connectivity index (χ2v) is 9.67. The van der Waals surface area contributed by atoms with E-state index in [1.54, 1.807) is 12.5 Å². The molecule has 0 saturated heterocycles. The van der Waals surface area contributed by atoms with Gasteiger partial charge in [0.15, 0.2) is 0 Å². The topological polar surface area (TPSA) is 82.5 Å². The molecule has 0 spiro atoms. The molecule has 1 N–H and O–H groups in total. The van der Waals surface area contributed by atoms with Gasteiger partial charge in [0, 0.05) is 30.3 Å². The number of nitrogens with one attached hydrogen (secondary N) is 1. The van der Waals surface area contributed by atoms with Gasteiger partial charge in [-0.25, -0.2) is 14.6 Å². The maximum Gasteiger partial charge on any atom is 0.337 e. The Morgan fingerprint density at radius 2 is 1.68 bits per heavy atom. The normalized spacial score (nSPS) is 15.4. The minimum Gasteiger partial charge on any atom is -0.466 e. The molecule has 1 aliphatic rings. The Bertz CT molecular complexity index is 1620. The summed E-state index contributed by atoms with van der Waals surface area (Å²) in [5.41, 5.74) is 5.08. The lowest BCUT2D eigenvalue weighted by atomic mass is 9.78. The molecule has 2 heterocycles. The molecule has 1 aromatic heterocycles. The smallest absolute Gasteiger partial charge is 0.337 e. The average Bonchev–Trinajstić information content (AvgIpc) is 3.48. The van der Waals surface area contributed by atoms with E-state index in [-0.39, 0.29) is 6.61 Å². The summed E-state index contributed by atoms with van der Waals surface area (Å²) in [4.78, 5) is 30.6. The molecule has 0 fully saturated rings. The summed E-state index contributed by atoms with van der Waals surface area (Å²) in [7, 11) is 1.35. The number of benzene rings is 3. The zero-order valence-electron chi connectivity index (χ0n) is 22.8. The molecule has 202 valence electrons. The number of methoxy groups -OCH3 is 1. The van der Waals surface area contributed by atoms with Gasteiger partial charge in [-0.3, -0.25) is 0 Å². The Morgan fingerprint density at radius 3 is 2.40 bits per heavy atom. The Labute approximate surface area is 233 Å². The molecule has 1 aliphatic heterocycles. The highest BCUT2D eigenvalue weighted by Gasteiger charge is 2.38. The van der Waals surface area contributed by atoms with Crippen molar-refractivity contribution >= 4 is 28.8 Å². The van der Waals surface area contributed by atoms with Crippen molar-refractivity contribution in [2.24, 2.45) is 0 Å². The van der Waals surface area contributed by atoms with Gasteiger partial charge in [-0.05, 0) is 47.4 Å². The Kier molecular flexibility index (Phi) is 7.92. The number of carbonyl (C=O) groups is 2. The summed E-state index contributed by atoms with van der Waals surface area (Å²) in [6.07, 6.45) is 9.20. The van der Waals surface area contributed by atoms with Gasteiger partial charge in [0.05, 0.1) is 30.5 Å². The number of carbonyl (C=O) groups excluding carboxylic acids is 2. The van der Waals surface area contributed by atoms with Gasteiger partial charge in [0.1, 0.15) is 6.61 Å². The third-order valence-electron chi connectivity index (χ3n) is 7.04. The van der Waals surface area contributed by atoms with Gasteiger partial charge < -0.3 is 19.4 Å². The predicted octanol–water partition coefficient (Wildman–Crippen LogP) is 5.75. The second kappa shape index (κ2) is 11.9. The minimum absolute atomic E-state index is 0.0882. The van der Waals surface area contributed by atoms with Gasteiger partial charge in [-0.15, -0.1) is 0 Å². The summed E-state index contributed by atoms with van der Waals surface area (Å²) in [5, 5.41) is 5.17. The van der Waals surface area contributed by atoms with Crippen LogP contribution in [0.2, 0.25) is 0 Å². The van der Waals surface area contributed by atoms with E-state index in [1.165, 1.54) is 7.11 Å². The van der Waals surface area contributed by atoms with Gasteiger partial charge in [-0.2, -0.15) is 0 Å². The molecule has 5 rings (SSSR count). The quantitative estimate of drug-likeness (QED) is 0.291. The number of allylic oxidation sites excluding steroid dienone is 2. The van der Waals surface area contributed by atoms with Crippen LogP contribution >= 0.6 is 0 Å². The highest BCUT2D eigenvalue weighted by Crippen LogP contribution is 2.41. The molecular formula is C33H31N3O4. The number of fused-ring (bicyclic) bond motifs is 1. The van der Waals surface area contributed by atoms with E-state index in [0.29, 0.717) is 22.5 Å². The first kappa shape index (κ1) is 26.7. The first-order valence-electron chi connectivity index (χ1n) is 13.1. The predicted molar refractivity (Wildman–Crippen MR) is 155 cm³/mol. The number of hydrogen-bond donors (Lipinski definition) is 1. The van der Waals surface area contributed by atoms with Crippen molar-refractivity contribution in [1.29, 1.82) is 0 Å². The summed E-state index contributed by atoms with van der Waals surface area (Å²) in [5.74, 6) is -1.62. The molecule has 40 heavy (non-hydrogen) atoms. The first-order chi connectivity index (χ1) is 19.5. The number of aromatic nitrogens is 2. The van der Waals surface area contributed by atoms with Crippen LogP contribution in [0.4, 0.5) is 0 Å². The van der Waals surface area contributed by atoms with Crippen LogP contribution in [0.3, 0.4) is 0 Å². The summed E-state index contributed by atoms with van der Waals surface area (Å²) in [6.45, 7) is 4.49. The second-order valence-electron chi connectivity index (χ2n) is 9.67. The molecule has 4 aromatic rings. The fraction of sp³-hybridized carbons (Fsp3) is 0.182. The number of dihydropyridines is 1. The lowest BCUT2D eigenvalue weighted by Crippen LogP contribution is -2.32. The maximum absolute atomic E-state index is 13.6. The molecule has 7 heteroatoms. The number of hydrogen-bond acceptors (Lipinski definition) is 6. The fourth-order valence-corrected chi connectivity index (χ4v) is 5.17. The van der Waals surface area contributed by atoms with Crippen molar-refractivity contribution in [3.05, 3.63) is 131 Å².